The van der Waals surface area contributed by atoms with E-state index in [1.54, 1.807) is 0 Å². The molecular formula is C26H23I3O2. The summed E-state index contributed by atoms with van der Waals surface area (Å²) in [6, 6.07) is 12.4. The van der Waals surface area contributed by atoms with Crippen LogP contribution in [0.4, 0.5) is 0 Å². The lowest BCUT2D eigenvalue weighted by atomic mass is 9.95. The third-order valence-corrected chi connectivity index (χ3v) is 9.98. The van der Waals surface area contributed by atoms with E-state index in [0.717, 1.165) is 18.3 Å². The molecule has 3 rings (SSSR count). The van der Waals surface area contributed by atoms with Crippen molar-refractivity contribution in [3.8, 4) is 16.9 Å². The number of carbonyl (C=O) groups is 1. The fourth-order valence-electron chi connectivity index (χ4n) is 3.33. The Kier molecular flexibility index (Phi) is 8.23. The first-order chi connectivity index (χ1) is 14.6. The van der Waals surface area contributed by atoms with Gasteiger partial charge in [-0.15, -0.1) is 0 Å². The minimum absolute atomic E-state index is 0.371. The quantitative estimate of drug-likeness (QED) is 0.116. The number of carbonyl (C=O) groups excluding carboxylic acids is 1. The molecule has 5 heteroatoms. The van der Waals surface area contributed by atoms with Crippen LogP contribution in [0, 0.1) is 45.3 Å². The van der Waals surface area contributed by atoms with Crippen molar-refractivity contribution in [2.24, 2.45) is 0 Å². The Labute approximate surface area is 225 Å². The third-order valence-electron chi connectivity index (χ3n) is 5.50. The van der Waals surface area contributed by atoms with Gasteiger partial charge in [0.05, 0.1) is 0 Å². The van der Waals surface area contributed by atoms with Crippen molar-refractivity contribution in [2.45, 2.75) is 34.6 Å². The molecular weight excluding hydrogens is 725 g/mol. The highest BCUT2D eigenvalue weighted by Gasteiger charge is 2.13. The smallest absolute Gasteiger partial charge is 0.336 e. The van der Waals surface area contributed by atoms with Crippen LogP contribution in [0.15, 0.2) is 42.5 Å². The predicted octanol–water partition coefficient (Wildman–Crippen LogP) is 8.33. The number of hydrogen-bond acceptors (Lipinski definition) is 2. The highest BCUT2D eigenvalue weighted by molar-refractivity contribution is 14.1. The summed E-state index contributed by atoms with van der Waals surface area (Å²) < 4.78 is 9.11. The number of esters is 1. The molecule has 31 heavy (non-hydrogen) atoms. The molecule has 0 aliphatic heterocycles. The fraction of sp³-hybridized carbons (Fsp3) is 0.192. The molecule has 0 unspecified atom stereocenters. The van der Waals surface area contributed by atoms with Crippen LogP contribution in [0.3, 0.4) is 0 Å². The molecule has 3 aromatic rings. The molecule has 0 aliphatic rings. The van der Waals surface area contributed by atoms with Crippen LogP contribution in [-0.2, 0) is 4.79 Å². The highest BCUT2D eigenvalue weighted by Crippen LogP contribution is 2.34. The van der Waals surface area contributed by atoms with E-state index >= 15 is 0 Å². The highest BCUT2D eigenvalue weighted by atomic mass is 127. The Bertz CT molecular complexity index is 1210. The third kappa shape index (κ3) is 5.35. The van der Waals surface area contributed by atoms with E-state index in [4.69, 9.17) is 4.74 Å². The number of aryl methyl sites for hydroxylation is 2. The molecule has 0 aliphatic carbocycles. The summed E-state index contributed by atoms with van der Waals surface area (Å²) in [6.07, 6.45) is 3.34. The van der Waals surface area contributed by atoms with Crippen LogP contribution in [0.2, 0.25) is 0 Å². The monoisotopic (exact) mass is 748 g/mol. The normalized spacial score (nSPS) is 11.2. The van der Waals surface area contributed by atoms with Gasteiger partial charge in [0.15, 0.2) is 0 Å². The summed E-state index contributed by atoms with van der Waals surface area (Å²) in [4.78, 5) is 12.4. The van der Waals surface area contributed by atoms with Crippen LogP contribution in [0.1, 0.15) is 33.4 Å². The molecule has 3 aromatic carbocycles. The molecule has 0 N–H and O–H groups in total. The van der Waals surface area contributed by atoms with E-state index < -0.39 is 0 Å². The van der Waals surface area contributed by atoms with Crippen molar-refractivity contribution in [1.29, 1.82) is 0 Å². The van der Waals surface area contributed by atoms with Crippen LogP contribution < -0.4 is 4.74 Å². The SMILES string of the molecule is Cc1ccc(-c2ccc(/C=C/C(=O)Oc3ccc(C)c(I)c3C)c(I)c2C)c(I)c1C. The summed E-state index contributed by atoms with van der Waals surface area (Å²) in [5.41, 5.74) is 9.48. The van der Waals surface area contributed by atoms with E-state index in [-0.39, 0.29) is 5.97 Å². The molecule has 0 bridgehead atoms. The summed E-state index contributed by atoms with van der Waals surface area (Å²) >= 11 is 7.08. The average molecular weight is 748 g/mol. The van der Waals surface area contributed by atoms with Gasteiger partial charge in [-0.2, -0.15) is 0 Å². The van der Waals surface area contributed by atoms with E-state index in [2.05, 4.69) is 113 Å². The van der Waals surface area contributed by atoms with Crippen LogP contribution >= 0.6 is 67.8 Å². The molecule has 0 saturated heterocycles. The van der Waals surface area contributed by atoms with Gasteiger partial charge in [0.25, 0.3) is 0 Å². The molecule has 0 heterocycles. The number of hydrogen-bond donors (Lipinski definition) is 0. The van der Waals surface area contributed by atoms with Gasteiger partial charge in [-0.3, -0.25) is 0 Å². The van der Waals surface area contributed by atoms with Crippen molar-refractivity contribution in [2.75, 3.05) is 0 Å². The molecule has 0 spiro atoms. The van der Waals surface area contributed by atoms with Crippen molar-refractivity contribution >= 4 is 79.8 Å². The van der Waals surface area contributed by atoms with E-state index in [9.17, 15) is 4.79 Å². The lowest BCUT2D eigenvalue weighted by Crippen LogP contribution is -2.06. The first kappa shape index (κ1) is 24.7. The van der Waals surface area contributed by atoms with Crippen molar-refractivity contribution in [3.05, 3.63) is 86.6 Å². The Balaban J connectivity index is 1.86. The topological polar surface area (TPSA) is 26.3 Å². The van der Waals surface area contributed by atoms with Gasteiger partial charge in [0, 0.05) is 22.4 Å². The van der Waals surface area contributed by atoms with Crippen LogP contribution in [0.5, 0.6) is 5.75 Å². The summed E-state index contributed by atoms with van der Waals surface area (Å²) in [7, 11) is 0. The maximum Gasteiger partial charge on any atom is 0.336 e. The second-order valence-corrected chi connectivity index (χ2v) is 10.8. The molecule has 2 nitrogen and oxygen atoms in total. The lowest BCUT2D eigenvalue weighted by molar-refractivity contribution is -0.128. The maximum absolute atomic E-state index is 12.4. The Morgan fingerprint density at radius 3 is 2.06 bits per heavy atom. The van der Waals surface area contributed by atoms with Gasteiger partial charge >= 0.3 is 5.97 Å². The maximum atomic E-state index is 12.4. The standard InChI is InChI=1S/C26H23I3O2/c1-14-6-10-21(26(29)16(14)3)20-11-8-19(25(28)17(20)4)9-13-23(30)31-22-12-7-15(2)24(27)18(22)5/h6-13H,1-5H3/b13-9+. The predicted molar refractivity (Wildman–Crippen MR) is 155 cm³/mol. The summed E-state index contributed by atoms with van der Waals surface area (Å²) in [5, 5.41) is 0. The molecule has 0 amide bonds. The Hall–Kier alpha value is -0.940. The average Bonchev–Trinajstić information content (AvgIpc) is 2.74. The first-order valence-corrected chi connectivity index (χ1v) is 13.1. The first-order valence-electron chi connectivity index (χ1n) is 9.82. The molecule has 0 fully saturated rings. The molecule has 0 radical (unpaired) electrons. The zero-order chi connectivity index (χ0) is 22.9. The largest absolute Gasteiger partial charge is 0.423 e. The van der Waals surface area contributed by atoms with Gasteiger partial charge in [0.1, 0.15) is 5.75 Å². The molecule has 0 aromatic heterocycles. The molecule has 160 valence electrons. The molecule has 0 atom stereocenters. The van der Waals surface area contributed by atoms with Gasteiger partial charge in [-0.1, -0.05) is 30.3 Å². The summed E-state index contributed by atoms with van der Waals surface area (Å²) in [6.45, 7) is 10.5. The Morgan fingerprint density at radius 2 is 1.35 bits per heavy atom. The fourth-order valence-corrected chi connectivity index (χ4v) is 5.32. The summed E-state index contributed by atoms with van der Waals surface area (Å²) in [5.74, 6) is 0.235. The van der Waals surface area contributed by atoms with E-state index in [0.29, 0.717) is 5.75 Å². The minimum Gasteiger partial charge on any atom is -0.423 e. The van der Waals surface area contributed by atoms with Crippen LogP contribution in [-0.4, -0.2) is 5.97 Å². The van der Waals surface area contributed by atoms with E-state index in [1.165, 1.54) is 43.0 Å². The lowest BCUT2D eigenvalue weighted by Gasteiger charge is -2.15. The Morgan fingerprint density at radius 1 is 0.710 bits per heavy atom. The van der Waals surface area contributed by atoms with Gasteiger partial charge in [0.2, 0.25) is 0 Å². The number of ether oxygens (including phenoxy) is 1. The number of rotatable bonds is 4. The van der Waals surface area contributed by atoms with Gasteiger partial charge in [-0.05, 0) is 153 Å². The second kappa shape index (κ2) is 10.3. The second-order valence-electron chi connectivity index (χ2n) is 7.58. The minimum atomic E-state index is -0.371. The van der Waals surface area contributed by atoms with Crippen molar-refractivity contribution in [3.63, 3.8) is 0 Å². The molecule has 0 saturated carbocycles. The number of benzene rings is 3. The van der Waals surface area contributed by atoms with Crippen LogP contribution in [0.25, 0.3) is 17.2 Å². The van der Waals surface area contributed by atoms with Crippen molar-refractivity contribution in [1.82, 2.24) is 0 Å². The van der Waals surface area contributed by atoms with Gasteiger partial charge in [-0.25, -0.2) is 4.79 Å². The number of halogens is 3. The van der Waals surface area contributed by atoms with Crippen molar-refractivity contribution < 1.29 is 9.53 Å². The zero-order valence-corrected chi connectivity index (χ0v) is 24.5. The zero-order valence-electron chi connectivity index (χ0n) is 18.1. The van der Waals surface area contributed by atoms with Gasteiger partial charge < -0.3 is 4.74 Å². The van der Waals surface area contributed by atoms with E-state index in [1.807, 2.05) is 32.1 Å².